The summed E-state index contributed by atoms with van der Waals surface area (Å²) in [6.07, 6.45) is 18.9. The average Bonchev–Trinajstić information content (AvgIpc) is 2.92. The second kappa shape index (κ2) is 17.5. The van der Waals surface area contributed by atoms with Crippen molar-refractivity contribution >= 4 is 22.5 Å². The van der Waals surface area contributed by atoms with Gasteiger partial charge in [-0.05, 0) is 67.3 Å². The Hall–Kier alpha value is -1.22. The van der Waals surface area contributed by atoms with Crippen LogP contribution in [0.3, 0.4) is 0 Å². The molecule has 0 N–H and O–H groups in total. The first-order valence-corrected chi connectivity index (χ1v) is 23.2. The molecule has 0 aliphatic carbocycles. The van der Waals surface area contributed by atoms with Crippen LogP contribution >= 0.6 is 0 Å². The van der Waals surface area contributed by atoms with E-state index in [0.717, 1.165) is 12.0 Å². The fourth-order valence-electron chi connectivity index (χ4n) is 4.83. The first-order valence-electron chi connectivity index (χ1n) is 17.4. The second-order valence-electron chi connectivity index (χ2n) is 15.8. The third kappa shape index (κ3) is 12.6. The van der Waals surface area contributed by atoms with E-state index in [9.17, 15) is 0 Å². The van der Waals surface area contributed by atoms with Crippen molar-refractivity contribution in [3.05, 3.63) is 48.0 Å². The molecule has 1 aliphatic heterocycles. The van der Waals surface area contributed by atoms with Crippen LogP contribution in [0.2, 0.25) is 36.3 Å². The van der Waals surface area contributed by atoms with Crippen LogP contribution in [-0.2, 0) is 13.6 Å². The summed E-state index contributed by atoms with van der Waals surface area (Å²) in [6, 6.07) is 10.2. The van der Waals surface area contributed by atoms with Crippen molar-refractivity contribution in [2.24, 2.45) is 4.99 Å². The molecule has 0 saturated carbocycles. The summed E-state index contributed by atoms with van der Waals surface area (Å²) >= 11 is 0. The molecule has 1 aromatic carbocycles. The summed E-state index contributed by atoms with van der Waals surface area (Å²) in [5.41, 5.74) is 1.01. The number of hydrogen-bond donors (Lipinski definition) is 0. The fourth-order valence-corrected chi connectivity index (χ4v) is 7.17. The Bertz CT molecular complexity index is 976. The molecule has 0 unspecified atom stereocenters. The van der Waals surface area contributed by atoms with Crippen LogP contribution in [0.4, 0.5) is 0 Å². The van der Waals surface area contributed by atoms with E-state index in [1.165, 1.54) is 64.2 Å². The molecule has 2 rings (SSSR count). The van der Waals surface area contributed by atoms with Crippen molar-refractivity contribution in [3.63, 3.8) is 0 Å². The Morgan fingerprint density at radius 3 is 1.84 bits per heavy atom. The van der Waals surface area contributed by atoms with Crippen LogP contribution in [0.5, 0.6) is 0 Å². The van der Waals surface area contributed by atoms with Crippen LogP contribution in [0.1, 0.15) is 125 Å². The van der Waals surface area contributed by atoms with E-state index >= 15 is 0 Å². The standard InChI is InChI=1S/C37H67NO3Si2/c1-12-13-14-15-16-17-18-19-20-21-22-26-29-33-34(41-43(10,11)37(5,6)7)32(30-39-42(8,9)36(2,3)4)38-35(40-33)31-27-24-23-25-28-31/h23-29,32-34H,12-22,30H2,1-11H3/b29-26+/t32-,33-,34-/m0/s1. The van der Waals surface area contributed by atoms with E-state index in [1.807, 2.05) is 6.07 Å². The van der Waals surface area contributed by atoms with Gasteiger partial charge in [0.25, 0.3) is 0 Å². The molecular weight excluding hydrogens is 563 g/mol. The third-order valence-corrected chi connectivity index (χ3v) is 18.9. The lowest BCUT2D eigenvalue weighted by Gasteiger charge is -2.45. The predicted octanol–water partition coefficient (Wildman–Crippen LogP) is 11.5. The molecule has 3 atom stereocenters. The zero-order valence-corrected chi connectivity index (χ0v) is 31.9. The molecule has 4 nitrogen and oxygen atoms in total. The van der Waals surface area contributed by atoms with E-state index in [2.05, 4.69) is 111 Å². The lowest BCUT2D eigenvalue weighted by atomic mass is 10.0. The average molecular weight is 630 g/mol. The number of nitrogens with zero attached hydrogens (tertiary/aromatic N) is 1. The second-order valence-corrected chi connectivity index (χ2v) is 25.3. The fraction of sp³-hybridized carbons (Fsp3) is 0.757. The van der Waals surface area contributed by atoms with Gasteiger partial charge in [-0.25, -0.2) is 4.99 Å². The van der Waals surface area contributed by atoms with Gasteiger partial charge < -0.3 is 13.6 Å². The molecule has 0 saturated heterocycles. The van der Waals surface area contributed by atoms with Gasteiger partial charge in [0.05, 0.1) is 6.61 Å². The number of hydrogen-bond acceptors (Lipinski definition) is 4. The summed E-state index contributed by atoms with van der Waals surface area (Å²) in [5, 5.41) is 0.222. The first kappa shape index (κ1) is 38.0. The highest BCUT2D eigenvalue weighted by Gasteiger charge is 2.46. The Balaban J connectivity index is 2.19. The van der Waals surface area contributed by atoms with Crippen molar-refractivity contribution < 1.29 is 13.6 Å². The number of allylic oxidation sites excluding steroid dienone is 1. The van der Waals surface area contributed by atoms with Crippen LogP contribution in [0.15, 0.2) is 47.5 Å². The minimum absolute atomic E-state index is 0.0888. The number of unbranched alkanes of at least 4 members (excludes halogenated alkanes) is 10. The molecule has 43 heavy (non-hydrogen) atoms. The van der Waals surface area contributed by atoms with Crippen molar-refractivity contribution in [3.8, 4) is 0 Å². The molecule has 0 fully saturated rings. The smallest absolute Gasteiger partial charge is 0.217 e. The quantitative estimate of drug-likeness (QED) is 0.0921. The number of rotatable bonds is 18. The number of aliphatic imine (C=N–C) groups is 1. The largest absolute Gasteiger partial charge is 0.467 e. The zero-order chi connectivity index (χ0) is 32.2. The monoisotopic (exact) mass is 629 g/mol. The molecule has 0 aromatic heterocycles. The van der Waals surface area contributed by atoms with Gasteiger partial charge in [-0.2, -0.15) is 0 Å². The molecular formula is C37H67NO3Si2. The molecule has 1 aromatic rings. The van der Waals surface area contributed by atoms with Gasteiger partial charge >= 0.3 is 0 Å². The maximum atomic E-state index is 7.15. The maximum Gasteiger partial charge on any atom is 0.217 e. The maximum absolute atomic E-state index is 7.15. The van der Waals surface area contributed by atoms with Gasteiger partial charge in [0.15, 0.2) is 16.6 Å². The normalized spacial score (nSPS) is 20.3. The summed E-state index contributed by atoms with van der Waals surface area (Å²) < 4.78 is 20.6. The van der Waals surface area contributed by atoms with Crippen molar-refractivity contribution in [2.45, 2.75) is 174 Å². The van der Waals surface area contributed by atoms with E-state index in [1.54, 1.807) is 0 Å². The lowest BCUT2D eigenvalue weighted by Crippen LogP contribution is -2.55. The van der Waals surface area contributed by atoms with Crippen LogP contribution in [0, 0.1) is 0 Å². The molecule has 0 amide bonds. The van der Waals surface area contributed by atoms with Crippen LogP contribution in [0.25, 0.3) is 0 Å². The van der Waals surface area contributed by atoms with Crippen molar-refractivity contribution in [1.29, 1.82) is 0 Å². The molecule has 0 spiro atoms. The number of ether oxygens (including phenoxy) is 1. The zero-order valence-electron chi connectivity index (χ0n) is 29.9. The molecule has 6 heteroatoms. The van der Waals surface area contributed by atoms with Crippen LogP contribution < -0.4 is 0 Å². The Morgan fingerprint density at radius 2 is 1.30 bits per heavy atom. The minimum Gasteiger partial charge on any atom is -0.467 e. The van der Waals surface area contributed by atoms with Crippen LogP contribution in [-0.4, -0.2) is 47.4 Å². The Kier molecular flexibility index (Phi) is 15.4. The number of benzene rings is 1. The SMILES string of the molecule is CCCCCCCCCCCC/C=C/[C@@H]1OC(c2ccccc2)=N[C@@H](CO[Si](C)(C)C(C)(C)C)[C@@H]1O[Si](C)(C)C(C)(C)C. The highest BCUT2D eigenvalue weighted by molar-refractivity contribution is 6.74. The van der Waals surface area contributed by atoms with Gasteiger partial charge in [0.2, 0.25) is 5.90 Å². The van der Waals surface area contributed by atoms with Gasteiger partial charge in [-0.3, -0.25) is 0 Å². The van der Waals surface area contributed by atoms with E-state index in [0.29, 0.717) is 12.5 Å². The molecule has 1 heterocycles. The highest BCUT2D eigenvalue weighted by Crippen LogP contribution is 2.40. The van der Waals surface area contributed by atoms with Gasteiger partial charge in [0, 0.05) is 5.56 Å². The minimum atomic E-state index is -2.10. The molecule has 0 radical (unpaired) electrons. The van der Waals surface area contributed by atoms with Gasteiger partial charge in [-0.1, -0.05) is 131 Å². The Labute approximate surface area is 268 Å². The molecule has 246 valence electrons. The summed E-state index contributed by atoms with van der Waals surface area (Å²) in [6.45, 7) is 26.0. The third-order valence-electron chi connectivity index (χ3n) is 9.96. The van der Waals surface area contributed by atoms with Gasteiger partial charge in [0.1, 0.15) is 18.2 Å². The Morgan fingerprint density at radius 1 is 0.767 bits per heavy atom. The topological polar surface area (TPSA) is 40.0 Å². The van der Waals surface area contributed by atoms with E-state index in [-0.39, 0.29) is 28.3 Å². The summed E-state index contributed by atoms with van der Waals surface area (Å²) in [4.78, 5) is 5.20. The first-order chi connectivity index (χ1) is 20.1. The van der Waals surface area contributed by atoms with E-state index < -0.39 is 16.6 Å². The summed E-state index contributed by atoms with van der Waals surface area (Å²) in [5.74, 6) is 0.702. The van der Waals surface area contributed by atoms with E-state index in [4.69, 9.17) is 18.6 Å². The van der Waals surface area contributed by atoms with Gasteiger partial charge in [-0.15, -0.1) is 0 Å². The lowest BCUT2D eigenvalue weighted by molar-refractivity contribution is 0.0190. The molecule has 0 bridgehead atoms. The van der Waals surface area contributed by atoms with Crippen molar-refractivity contribution in [2.75, 3.05) is 6.61 Å². The van der Waals surface area contributed by atoms with Crippen molar-refractivity contribution in [1.82, 2.24) is 0 Å². The predicted molar refractivity (Wildman–Crippen MR) is 192 cm³/mol. The highest BCUT2D eigenvalue weighted by atomic mass is 28.4. The summed E-state index contributed by atoms with van der Waals surface area (Å²) in [7, 11) is -4.07. The molecule has 1 aliphatic rings.